The fourth-order valence-electron chi connectivity index (χ4n) is 2.07. The van der Waals surface area contributed by atoms with E-state index in [0.717, 1.165) is 6.42 Å². The Hall–Kier alpha value is -1.23. The number of hydrogen-bond acceptors (Lipinski definition) is 1. The zero-order chi connectivity index (χ0) is 13.4. The van der Waals surface area contributed by atoms with E-state index >= 15 is 0 Å². The van der Waals surface area contributed by atoms with E-state index in [1.54, 1.807) is 24.3 Å². The van der Waals surface area contributed by atoms with Gasteiger partial charge in [0.05, 0.1) is 5.54 Å². The standard InChI is InChI=1S/C12H11ClF3NO/c13-9-4-2-8(3-5-9)11(6-1-7-11)17-10(18)12(14,15)16/h2-5H,1,6-7H2,(H,17,18). The van der Waals surface area contributed by atoms with Crippen LogP contribution in [0, 0.1) is 0 Å². The molecule has 1 N–H and O–H groups in total. The van der Waals surface area contributed by atoms with Crippen LogP contribution in [0.25, 0.3) is 0 Å². The van der Waals surface area contributed by atoms with E-state index in [9.17, 15) is 18.0 Å². The smallest absolute Gasteiger partial charge is 0.339 e. The van der Waals surface area contributed by atoms with Gasteiger partial charge in [0.15, 0.2) is 0 Å². The van der Waals surface area contributed by atoms with Crippen molar-refractivity contribution in [3.8, 4) is 0 Å². The first-order valence-electron chi connectivity index (χ1n) is 5.49. The number of hydrogen-bond donors (Lipinski definition) is 1. The Balaban J connectivity index is 2.21. The SMILES string of the molecule is O=C(NC1(c2ccc(Cl)cc2)CCC1)C(F)(F)F. The quantitative estimate of drug-likeness (QED) is 0.882. The molecule has 0 saturated heterocycles. The summed E-state index contributed by atoms with van der Waals surface area (Å²) in [4.78, 5) is 11.1. The van der Waals surface area contributed by atoms with E-state index < -0.39 is 17.6 Å². The van der Waals surface area contributed by atoms with Crippen molar-refractivity contribution >= 4 is 17.5 Å². The van der Waals surface area contributed by atoms with Crippen LogP contribution in [0.2, 0.25) is 5.02 Å². The van der Waals surface area contributed by atoms with Crippen LogP contribution in [-0.4, -0.2) is 12.1 Å². The molecule has 98 valence electrons. The third kappa shape index (κ3) is 2.46. The normalized spacial score (nSPS) is 18.0. The van der Waals surface area contributed by atoms with Crippen molar-refractivity contribution < 1.29 is 18.0 Å². The molecule has 0 bridgehead atoms. The highest BCUT2D eigenvalue weighted by molar-refractivity contribution is 6.30. The molecule has 2 rings (SSSR count). The predicted molar refractivity (Wildman–Crippen MR) is 61.2 cm³/mol. The fraction of sp³-hybridized carbons (Fsp3) is 0.417. The number of carbonyl (C=O) groups is 1. The molecule has 6 heteroatoms. The number of benzene rings is 1. The first-order valence-corrected chi connectivity index (χ1v) is 5.87. The van der Waals surface area contributed by atoms with Gasteiger partial charge in [-0.3, -0.25) is 4.79 Å². The number of carbonyl (C=O) groups excluding carboxylic acids is 1. The van der Waals surface area contributed by atoms with Gasteiger partial charge in [-0.1, -0.05) is 23.7 Å². The van der Waals surface area contributed by atoms with Crippen LogP contribution in [0.5, 0.6) is 0 Å². The number of amides is 1. The molecular formula is C12H11ClF3NO. The lowest BCUT2D eigenvalue weighted by atomic mass is 9.72. The highest BCUT2D eigenvalue weighted by Crippen LogP contribution is 2.42. The van der Waals surface area contributed by atoms with Crippen LogP contribution in [-0.2, 0) is 10.3 Å². The lowest BCUT2D eigenvalue weighted by Crippen LogP contribution is -2.54. The van der Waals surface area contributed by atoms with Gasteiger partial charge in [-0.2, -0.15) is 13.2 Å². The second kappa shape index (κ2) is 4.46. The number of rotatable bonds is 2. The maximum Gasteiger partial charge on any atom is 0.471 e. The van der Waals surface area contributed by atoms with Crippen molar-refractivity contribution in [2.24, 2.45) is 0 Å². The van der Waals surface area contributed by atoms with Gasteiger partial charge >= 0.3 is 12.1 Å². The third-order valence-corrected chi connectivity index (χ3v) is 3.47. The average Bonchev–Trinajstić information content (AvgIpc) is 2.23. The van der Waals surface area contributed by atoms with Crippen molar-refractivity contribution in [3.63, 3.8) is 0 Å². The molecule has 1 amide bonds. The van der Waals surface area contributed by atoms with E-state index in [2.05, 4.69) is 5.32 Å². The minimum atomic E-state index is -4.85. The summed E-state index contributed by atoms with van der Waals surface area (Å²) < 4.78 is 36.9. The minimum Gasteiger partial charge on any atom is -0.339 e. The van der Waals surface area contributed by atoms with Crippen LogP contribution in [0.1, 0.15) is 24.8 Å². The zero-order valence-electron chi connectivity index (χ0n) is 9.35. The van der Waals surface area contributed by atoms with Crippen molar-refractivity contribution in [1.29, 1.82) is 0 Å². The summed E-state index contributed by atoms with van der Waals surface area (Å²) in [5, 5.41) is 2.61. The van der Waals surface area contributed by atoms with Crippen LogP contribution in [0.15, 0.2) is 24.3 Å². The van der Waals surface area contributed by atoms with Gasteiger partial charge in [0.2, 0.25) is 0 Å². The Morgan fingerprint density at radius 1 is 1.22 bits per heavy atom. The molecule has 0 atom stereocenters. The monoisotopic (exact) mass is 277 g/mol. The van der Waals surface area contributed by atoms with E-state index in [-0.39, 0.29) is 0 Å². The zero-order valence-corrected chi connectivity index (χ0v) is 10.1. The first-order chi connectivity index (χ1) is 8.33. The highest BCUT2D eigenvalue weighted by Gasteiger charge is 2.47. The van der Waals surface area contributed by atoms with Gasteiger partial charge in [0.1, 0.15) is 0 Å². The number of alkyl halides is 3. The van der Waals surface area contributed by atoms with Crippen LogP contribution in [0.3, 0.4) is 0 Å². The third-order valence-electron chi connectivity index (χ3n) is 3.21. The molecule has 2 nitrogen and oxygen atoms in total. The summed E-state index contributed by atoms with van der Waals surface area (Å²) in [5.41, 5.74) is -0.229. The van der Waals surface area contributed by atoms with Crippen molar-refractivity contribution in [2.45, 2.75) is 31.0 Å². The minimum absolute atomic E-state index is 0.510. The van der Waals surface area contributed by atoms with Gasteiger partial charge in [-0.05, 0) is 37.0 Å². The highest BCUT2D eigenvalue weighted by atomic mass is 35.5. The Kier molecular flexibility index (Phi) is 3.27. The van der Waals surface area contributed by atoms with Crippen LogP contribution in [0.4, 0.5) is 13.2 Å². The summed E-state index contributed by atoms with van der Waals surface area (Å²) in [7, 11) is 0. The molecule has 0 aromatic heterocycles. The number of nitrogens with one attached hydrogen (secondary N) is 1. The Morgan fingerprint density at radius 2 is 1.78 bits per heavy atom. The summed E-state index contributed by atoms with van der Waals surface area (Å²) in [6, 6.07) is 6.52. The van der Waals surface area contributed by atoms with Gasteiger partial charge < -0.3 is 5.32 Å². The molecule has 1 aromatic carbocycles. The fourth-order valence-corrected chi connectivity index (χ4v) is 2.20. The summed E-state index contributed by atoms with van der Waals surface area (Å²) in [5.74, 6) is -1.89. The Labute approximate surface area is 107 Å². The number of halogens is 4. The molecular weight excluding hydrogens is 267 g/mol. The second-order valence-electron chi connectivity index (χ2n) is 4.39. The van der Waals surface area contributed by atoms with E-state index in [4.69, 9.17) is 11.6 Å². The maximum absolute atomic E-state index is 12.3. The van der Waals surface area contributed by atoms with Crippen molar-refractivity contribution in [1.82, 2.24) is 5.32 Å². The van der Waals surface area contributed by atoms with Gasteiger partial charge in [-0.15, -0.1) is 0 Å². The Morgan fingerprint density at radius 3 is 2.17 bits per heavy atom. The first kappa shape index (κ1) is 13.2. The molecule has 1 fully saturated rings. The van der Waals surface area contributed by atoms with E-state index in [0.29, 0.717) is 23.4 Å². The van der Waals surface area contributed by atoms with Crippen LogP contribution < -0.4 is 5.32 Å². The largest absolute Gasteiger partial charge is 0.471 e. The molecule has 1 aliphatic carbocycles. The average molecular weight is 278 g/mol. The maximum atomic E-state index is 12.3. The lowest BCUT2D eigenvalue weighted by Gasteiger charge is -2.43. The van der Waals surface area contributed by atoms with Gasteiger partial charge in [-0.25, -0.2) is 0 Å². The molecule has 0 unspecified atom stereocenters. The molecule has 0 heterocycles. The molecule has 0 radical (unpaired) electrons. The summed E-state index contributed by atoms with van der Waals surface area (Å²) in [6.45, 7) is 0. The lowest BCUT2D eigenvalue weighted by molar-refractivity contribution is -0.177. The Bertz CT molecular complexity index is 451. The molecule has 1 saturated carbocycles. The van der Waals surface area contributed by atoms with E-state index in [1.807, 2.05) is 0 Å². The predicted octanol–water partition coefficient (Wildman–Crippen LogP) is 3.40. The summed E-state index contributed by atoms with van der Waals surface area (Å²) in [6.07, 6.45) is -3.04. The summed E-state index contributed by atoms with van der Waals surface area (Å²) >= 11 is 5.73. The molecule has 1 aliphatic rings. The van der Waals surface area contributed by atoms with Gasteiger partial charge in [0.25, 0.3) is 0 Å². The van der Waals surface area contributed by atoms with E-state index in [1.165, 1.54) is 0 Å². The molecule has 0 aliphatic heterocycles. The second-order valence-corrected chi connectivity index (χ2v) is 4.83. The van der Waals surface area contributed by atoms with Crippen molar-refractivity contribution in [3.05, 3.63) is 34.9 Å². The van der Waals surface area contributed by atoms with Gasteiger partial charge in [0, 0.05) is 5.02 Å². The van der Waals surface area contributed by atoms with Crippen LogP contribution >= 0.6 is 11.6 Å². The molecule has 0 spiro atoms. The molecule has 18 heavy (non-hydrogen) atoms. The van der Waals surface area contributed by atoms with Crippen molar-refractivity contribution in [2.75, 3.05) is 0 Å². The molecule has 1 aromatic rings. The topological polar surface area (TPSA) is 29.1 Å².